The monoisotopic (exact) mass is 403 g/mol. The molecule has 1 aromatic heterocycles. The Balaban J connectivity index is 1.73. The predicted molar refractivity (Wildman–Crippen MR) is 111 cm³/mol. The molecule has 0 atom stereocenters. The van der Waals surface area contributed by atoms with Gasteiger partial charge in [0, 0.05) is 11.6 Å². The Morgan fingerprint density at radius 2 is 1.31 bits per heavy atom. The number of hydrogen-bond acceptors (Lipinski definition) is 5. The van der Waals surface area contributed by atoms with Crippen LogP contribution in [0.3, 0.4) is 0 Å². The van der Waals surface area contributed by atoms with Gasteiger partial charge in [0.2, 0.25) is 5.88 Å². The number of benzene rings is 3. The highest BCUT2D eigenvalue weighted by atomic mass is 32.2. The van der Waals surface area contributed by atoms with E-state index in [-0.39, 0.29) is 16.6 Å². The lowest BCUT2D eigenvalue weighted by molar-refractivity contribution is 0.463. The lowest BCUT2D eigenvalue weighted by Crippen LogP contribution is -2.14. The van der Waals surface area contributed by atoms with Crippen molar-refractivity contribution in [1.82, 2.24) is 9.97 Å². The highest BCUT2D eigenvalue weighted by Crippen LogP contribution is 2.26. The summed E-state index contributed by atoms with van der Waals surface area (Å²) in [5.41, 5.74) is 0.742. The van der Waals surface area contributed by atoms with Crippen LogP contribution < -0.4 is 9.46 Å². The van der Waals surface area contributed by atoms with Crippen LogP contribution in [0.15, 0.2) is 102 Å². The third-order valence-electron chi connectivity index (χ3n) is 3.99. The maximum Gasteiger partial charge on any atom is 0.263 e. The number of nitrogens with one attached hydrogen (secondary N) is 1. The van der Waals surface area contributed by atoms with Gasteiger partial charge in [-0.15, -0.1) is 0 Å². The molecule has 6 nitrogen and oxygen atoms in total. The van der Waals surface area contributed by atoms with E-state index in [1.165, 1.54) is 18.2 Å². The largest absolute Gasteiger partial charge is 0.439 e. The molecule has 0 aliphatic rings. The standard InChI is InChI=1S/C22H17N3O3S/c26-29(27,19-14-8-3-9-15-19)25-20-16-21(28-18-12-6-2-7-13-18)24-22(23-20)17-10-4-1-5-11-17/h1-16H,(H,23,24,25). The summed E-state index contributed by atoms with van der Waals surface area (Å²) in [7, 11) is -3.80. The zero-order chi connectivity index (χ0) is 20.1. The molecule has 0 spiro atoms. The molecular weight excluding hydrogens is 386 g/mol. The first-order valence-electron chi connectivity index (χ1n) is 8.85. The zero-order valence-corrected chi connectivity index (χ0v) is 16.1. The van der Waals surface area contributed by atoms with Gasteiger partial charge in [-0.1, -0.05) is 66.7 Å². The topological polar surface area (TPSA) is 81.2 Å². The fourth-order valence-electron chi connectivity index (χ4n) is 2.65. The molecule has 1 N–H and O–H groups in total. The van der Waals surface area contributed by atoms with E-state index in [2.05, 4.69) is 14.7 Å². The van der Waals surface area contributed by atoms with Crippen LogP contribution in [0.5, 0.6) is 11.6 Å². The molecule has 0 radical (unpaired) electrons. The van der Waals surface area contributed by atoms with Crippen molar-refractivity contribution in [3.05, 3.63) is 97.1 Å². The number of sulfonamides is 1. The molecule has 0 amide bonds. The SMILES string of the molecule is O=S(=O)(Nc1cc(Oc2ccccc2)nc(-c2ccccc2)n1)c1ccccc1. The van der Waals surface area contributed by atoms with Crippen molar-refractivity contribution < 1.29 is 13.2 Å². The molecule has 4 rings (SSSR count). The van der Waals surface area contributed by atoms with Crippen LogP contribution in [-0.4, -0.2) is 18.4 Å². The molecule has 0 fully saturated rings. The van der Waals surface area contributed by atoms with E-state index in [0.29, 0.717) is 11.6 Å². The van der Waals surface area contributed by atoms with Crippen molar-refractivity contribution in [2.45, 2.75) is 4.90 Å². The minimum atomic E-state index is -3.80. The number of aromatic nitrogens is 2. The quantitative estimate of drug-likeness (QED) is 0.503. The first-order chi connectivity index (χ1) is 14.1. The van der Waals surface area contributed by atoms with E-state index >= 15 is 0 Å². The lowest BCUT2D eigenvalue weighted by Gasteiger charge is -2.11. The molecule has 144 valence electrons. The van der Waals surface area contributed by atoms with Crippen LogP contribution in [0.1, 0.15) is 0 Å². The van der Waals surface area contributed by atoms with Gasteiger partial charge in [0.05, 0.1) is 4.90 Å². The minimum absolute atomic E-state index is 0.119. The molecule has 3 aromatic carbocycles. The summed E-state index contributed by atoms with van der Waals surface area (Å²) < 4.78 is 33.7. The van der Waals surface area contributed by atoms with Crippen molar-refractivity contribution in [1.29, 1.82) is 0 Å². The maximum atomic E-state index is 12.7. The van der Waals surface area contributed by atoms with Gasteiger partial charge in [-0.2, -0.15) is 4.98 Å². The molecule has 4 aromatic rings. The summed E-state index contributed by atoms with van der Waals surface area (Å²) in [4.78, 5) is 8.95. The van der Waals surface area contributed by atoms with E-state index < -0.39 is 10.0 Å². The van der Waals surface area contributed by atoms with Crippen molar-refractivity contribution in [3.63, 3.8) is 0 Å². The Hall–Kier alpha value is -3.71. The number of ether oxygens (including phenoxy) is 1. The van der Waals surface area contributed by atoms with Gasteiger partial charge in [0.25, 0.3) is 10.0 Å². The Morgan fingerprint density at radius 1 is 0.724 bits per heavy atom. The summed E-state index contributed by atoms with van der Waals surface area (Å²) in [6.45, 7) is 0. The number of para-hydroxylation sites is 1. The predicted octanol–water partition coefficient (Wildman–Crippen LogP) is 4.74. The molecular formula is C22H17N3O3S. The first-order valence-corrected chi connectivity index (χ1v) is 10.3. The first kappa shape index (κ1) is 18.6. The Labute approximate surface area is 168 Å². The summed E-state index contributed by atoms with van der Waals surface area (Å²) in [6, 6.07) is 28.0. The fraction of sp³-hybridized carbons (Fsp3) is 0. The Bertz CT molecular complexity index is 1200. The lowest BCUT2D eigenvalue weighted by atomic mass is 10.2. The number of hydrogen-bond donors (Lipinski definition) is 1. The van der Waals surface area contributed by atoms with Gasteiger partial charge in [-0.05, 0) is 24.3 Å². The van der Waals surface area contributed by atoms with Gasteiger partial charge in [-0.25, -0.2) is 13.4 Å². The van der Waals surface area contributed by atoms with Crippen LogP contribution in [0.2, 0.25) is 0 Å². The minimum Gasteiger partial charge on any atom is -0.439 e. The molecule has 0 saturated heterocycles. The maximum absolute atomic E-state index is 12.7. The molecule has 29 heavy (non-hydrogen) atoms. The van der Waals surface area contributed by atoms with Crippen LogP contribution in [0, 0.1) is 0 Å². The average Bonchev–Trinajstić information content (AvgIpc) is 2.75. The summed E-state index contributed by atoms with van der Waals surface area (Å²) in [5.74, 6) is 1.29. The summed E-state index contributed by atoms with van der Waals surface area (Å²) in [5, 5.41) is 0. The summed E-state index contributed by atoms with van der Waals surface area (Å²) in [6.07, 6.45) is 0. The average molecular weight is 403 g/mol. The normalized spacial score (nSPS) is 11.0. The van der Waals surface area contributed by atoms with E-state index in [9.17, 15) is 8.42 Å². The highest BCUT2D eigenvalue weighted by molar-refractivity contribution is 7.92. The molecule has 7 heteroatoms. The van der Waals surface area contributed by atoms with Gasteiger partial charge in [0.1, 0.15) is 11.6 Å². The molecule has 0 unspecified atom stereocenters. The number of rotatable bonds is 6. The second-order valence-corrected chi connectivity index (χ2v) is 7.80. The van der Waals surface area contributed by atoms with Crippen molar-refractivity contribution in [3.8, 4) is 23.0 Å². The van der Waals surface area contributed by atoms with Gasteiger partial charge in [-0.3, -0.25) is 4.72 Å². The summed E-state index contributed by atoms with van der Waals surface area (Å²) >= 11 is 0. The fourth-order valence-corrected chi connectivity index (χ4v) is 3.66. The second-order valence-electron chi connectivity index (χ2n) is 6.11. The zero-order valence-electron chi connectivity index (χ0n) is 15.3. The Morgan fingerprint density at radius 3 is 1.97 bits per heavy atom. The second kappa shape index (κ2) is 8.12. The van der Waals surface area contributed by atoms with Gasteiger partial charge >= 0.3 is 0 Å². The smallest absolute Gasteiger partial charge is 0.263 e. The molecule has 1 heterocycles. The van der Waals surface area contributed by atoms with Crippen molar-refractivity contribution in [2.75, 3.05) is 4.72 Å². The third kappa shape index (κ3) is 4.59. The molecule has 0 aliphatic carbocycles. The van der Waals surface area contributed by atoms with Crippen LogP contribution in [0.25, 0.3) is 11.4 Å². The van der Waals surface area contributed by atoms with Crippen molar-refractivity contribution in [2.24, 2.45) is 0 Å². The van der Waals surface area contributed by atoms with E-state index in [1.807, 2.05) is 48.5 Å². The van der Waals surface area contributed by atoms with E-state index in [4.69, 9.17) is 4.74 Å². The molecule has 0 bridgehead atoms. The Kier molecular flexibility index (Phi) is 5.22. The van der Waals surface area contributed by atoms with Gasteiger partial charge < -0.3 is 4.74 Å². The van der Waals surface area contributed by atoms with Crippen LogP contribution in [0.4, 0.5) is 5.82 Å². The van der Waals surface area contributed by atoms with Crippen LogP contribution >= 0.6 is 0 Å². The van der Waals surface area contributed by atoms with Gasteiger partial charge in [0.15, 0.2) is 5.82 Å². The third-order valence-corrected chi connectivity index (χ3v) is 5.36. The number of anilines is 1. The molecule has 0 saturated carbocycles. The van der Waals surface area contributed by atoms with E-state index in [0.717, 1.165) is 5.56 Å². The van der Waals surface area contributed by atoms with Crippen LogP contribution in [-0.2, 0) is 10.0 Å². The number of nitrogens with zero attached hydrogens (tertiary/aromatic N) is 2. The molecule has 0 aliphatic heterocycles. The highest BCUT2D eigenvalue weighted by Gasteiger charge is 2.17. The van der Waals surface area contributed by atoms with Crippen molar-refractivity contribution >= 4 is 15.8 Å². The van der Waals surface area contributed by atoms with E-state index in [1.54, 1.807) is 30.3 Å².